The monoisotopic (exact) mass is 191 g/mol. The summed E-state index contributed by atoms with van der Waals surface area (Å²) in [5.41, 5.74) is 2.36. The fourth-order valence-electron chi connectivity index (χ4n) is 0.845. The van der Waals surface area contributed by atoms with Gasteiger partial charge in [-0.05, 0) is 24.8 Å². The Morgan fingerprint density at radius 2 is 1.79 bits per heavy atom. The van der Waals surface area contributed by atoms with Crippen LogP contribution in [0, 0.1) is 6.92 Å². The lowest BCUT2D eigenvalue weighted by Gasteiger charge is -2.02. The van der Waals surface area contributed by atoms with Crippen LogP contribution in [0.25, 0.3) is 0 Å². The van der Waals surface area contributed by atoms with Crippen molar-refractivity contribution in [3.63, 3.8) is 0 Å². The number of rotatable bonds is 3. The standard InChI is InChI=1S/C9H11N.C4H10/c1-3-10-9-7-5-4-6-8(9)2;1-3-4-2/h3-7,10H,1H2,2H3;3-4H2,1-2H3. The Kier molecular flexibility index (Phi) is 7.62. The van der Waals surface area contributed by atoms with Gasteiger partial charge in [-0.15, -0.1) is 0 Å². The molecule has 0 aliphatic rings. The van der Waals surface area contributed by atoms with Gasteiger partial charge in [0.2, 0.25) is 0 Å². The zero-order valence-corrected chi connectivity index (χ0v) is 9.51. The number of aryl methyl sites for hydroxylation is 1. The molecule has 0 spiro atoms. The van der Waals surface area contributed by atoms with Crippen molar-refractivity contribution in [2.45, 2.75) is 33.6 Å². The molecule has 0 aliphatic carbocycles. The highest BCUT2D eigenvalue weighted by Crippen LogP contribution is 2.12. The molecular formula is C13H21N. The van der Waals surface area contributed by atoms with E-state index in [0.29, 0.717) is 0 Å². The molecule has 1 aromatic carbocycles. The highest BCUT2D eigenvalue weighted by molar-refractivity contribution is 5.51. The lowest BCUT2D eigenvalue weighted by molar-refractivity contribution is 0.886. The van der Waals surface area contributed by atoms with E-state index in [4.69, 9.17) is 0 Å². The minimum Gasteiger partial charge on any atom is -0.362 e. The maximum atomic E-state index is 3.59. The molecule has 1 aromatic rings. The molecule has 0 unspecified atom stereocenters. The fourth-order valence-corrected chi connectivity index (χ4v) is 0.845. The average molecular weight is 191 g/mol. The summed E-state index contributed by atoms with van der Waals surface area (Å²) < 4.78 is 0. The Hall–Kier alpha value is -1.24. The number of anilines is 1. The summed E-state index contributed by atoms with van der Waals surface area (Å²) in [7, 11) is 0. The maximum Gasteiger partial charge on any atom is 0.0409 e. The van der Waals surface area contributed by atoms with Gasteiger partial charge in [0, 0.05) is 5.69 Å². The molecular weight excluding hydrogens is 170 g/mol. The molecule has 0 fully saturated rings. The van der Waals surface area contributed by atoms with Gasteiger partial charge in [-0.1, -0.05) is 51.5 Å². The van der Waals surface area contributed by atoms with Crippen LogP contribution in [0.5, 0.6) is 0 Å². The molecule has 0 aliphatic heterocycles. The van der Waals surface area contributed by atoms with Crippen LogP contribution in [0.3, 0.4) is 0 Å². The van der Waals surface area contributed by atoms with E-state index in [0.717, 1.165) is 5.69 Å². The first-order valence-corrected chi connectivity index (χ1v) is 5.19. The Morgan fingerprint density at radius 1 is 1.21 bits per heavy atom. The van der Waals surface area contributed by atoms with Crippen molar-refractivity contribution in [1.29, 1.82) is 0 Å². The molecule has 1 nitrogen and oxygen atoms in total. The van der Waals surface area contributed by atoms with E-state index >= 15 is 0 Å². The van der Waals surface area contributed by atoms with Gasteiger partial charge in [-0.2, -0.15) is 0 Å². The van der Waals surface area contributed by atoms with Crippen LogP contribution in [-0.2, 0) is 0 Å². The van der Waals surface area contributed by atoms with Crippen LogP contribution < -0.4 is 5.32 Å². The van der Waals surface area contributed by atoms with Crippen LogP contribution in [0.2, 0.25) is 0 Å². The SMILES string of the molecule is C=CNc1ccccc1C.CCCC. The third-order valence-corrected chi connectivity index (χ3v) is 1.90. The Labute approximate surface area is 87.9 Å². The molecule has 78 valence electrons. The first kappa shape index (κ1) is 12.8. The second kappa shape index (κ2) is 8.36. The number of hydrogen-bond acceptors (Lipinski definition) is 1. The highest BCUT2D eigenvalue weighted by Gasteiger charge is 1.89. The molecule has 0 atom stereocenters. The Morgan fingerprint density at radius 3 is 2.21 bits per heavy atom. The van der Waals surface area contributed by atoms with E-state index in [9.17, 15) is 0 Å². The van der Waals surface area contributed by atoms with Crippen molar-refractivity contribution in [1.82, 2.24) is 0 Å². The number of hydrogen-bond donors (Lipinski definition) is 1. The number of benzene rings is 1. The van der Waals surface area contributed by atoms with Crippen LogP contribution >= 0.6 is 0 Å². The van der Waals surface area contributed by atoms with E-state index in [-0.39, 0.29) is 0 Å². The third-order valence-electron chi connectivity index (χ3n) is 1.90. The molecule has 0 radical (unpaired) electrons. The van der Waals surface area contributed by atoms with Crippen molar-refractivity contribution in [2.75, 3.05) is 5.32 Å². The summed E-state index contributed by atoms with van der Waals surface area (Å²) in [5.74, 6) is 0. The molecule has 1 heteroatoms. The molecule has 0 aromatic heterocycles. The Balaban J connectivity index is 0.000000364. The predicted octanol–water partition coefficient (Wildman–Crippen LogP) is 4.36. The van der Waals surface area contributed by atoms with E-state index in [1.807, 2.05) is 18.2 Å². The summed E-state index contributed by atoms with van der Waals surface area (Å²) in [5, 5.41) is 3.04. The predicted molar refractivity (Wildman–Crippen MR) is 65.6 cm³/mol. The van der Waals surface area contributed by atoms with E-state index in [1.54, 1.807) is 6.20 Å². The van der Waals surface area contributed by atoms with Crippen molar-refractivity contribution in [3.8, 4) is 0 Å². The number of nitrogens with one attached hydrogen (secondary N) is 1. The second-order valence-corrected chi connectivity index (χ2v) is 3.16. The van der Waals surface area contributed by atoms with Crippen molar-refractivity contribution in [2.24, 2.45) is 0 Å². The number of unbranched alkanes of at least 4 members (excludes halogenated alkanes) is 1. The van der Waals surface area contributed by atoms with Gasteiger partial charge < -0.3 is 5.32 Å². The van der Waals surface area contributed by atoms with Gasteiger partial charge in [0.15, 0.2) is 0 Å². The van der Waals surface area contributed by atoms with Crippen LogP contribution in [0.15, 0.2) is 37.0 Å². The lowest BCUT2D eigenvalue weighted by atomic mass is 10.2. The summed E-state index contributed by atoms with van der Waals surface area (Å²) in [6, 6.07) is 8.10. The molecule has 1 N–H and O–H groups in total. The van der Waals surface area contributed by atoms with Gasteiger partial charge in [0.1, 0.15) is 0 Å². The minimum absolute atomic E-state index is 1.12. The van der Waals surface area contributed by atoms with Crippen LogP contribution in [0.1, 0.15) is 32.3 Å². The average Bonchev–Trinajstić information content (AvgIpc) is 2.22. The first-order chi connectivity index (χ1) is 6.76. The first-order valence-electron chi connectivity index (χ1n) is 5.19. The molecule has 0 saturated carbocycles. The summed E-state index contributed by atoms with van der Waals surface area (Å²) in [6.45, 7) is 10.0. The van der Waals surface area contributed by atoms with Crippen molar-refractivity contribution < 1.29 is 0 Å². The van der Waals surface area contributed by atoms with Gasteiger partial charge in [-0.3, -0.25) is 0 Å². The molecule has 0 heterocycles. The highest BCUT2D eigenvalue weighted by atomic mass is 14.8. The minimum atomic E-state index is 1.12. The fraction of sp³-hybridized carbons (Fsp3) is 0.385. The summed E-state index contributed by atoms with van der Waals surface area (Å²) in [4.78, 5) is 0. The molecule has 0 amide bonds. The zero-order chi connectivity index (χ0) is 10.8. The van der Waals surface area contributed by atoms with E-state index < -0.39 is 0 Å². The van der Waals surface area contributed by atoms with Crippen molar-refractivity contribution in [3.05, 3.63) is 42.6 Å². The quantitative estimate of drug-likeness (QED) is 0.748. The third kappa shape index (κ3) is 5.41. The van der Waals surface area contributed by atoms with E-state index in [1.165, 1.54) is 18.4 Å². The number of para-hydroxylation sites is 1. The normalized spacial score (nSPS) is 8.50. The zero-order valence-electron chi connectivity index (χ0n) is 9.51. The van der Waals surface area contributed by atoms with Gasteiger partial charge in [-0.25, -0.2) is 0 Å². The smallest absolute Gasteiger partial charge is 0.0409 e. The van der Waals surface area contributed by atoms with Crippen LogP contribution in [0.4, 0.5) is 5.69 Å². The lowest BCUT2D eigenvalue weighted by Crippen LogP contribution is -1.87. The Bertz CT molecular complexity index is 251. The topological polar surface area (TPSA) is 12.0 Å². The van der Waals surface area contributed by atoms with E-state index in [2.05, 4.69) is 38.7 Å². The summed E-state index contributed by atoms with van der Waals surface area (Å²) >= 11 is 0. The largest absolute Gasteiger partial charge is 0.362 e. The molecule has 1 rings (SSSR count). The van der Waals surface area contributed by atoms with Crippen LogP contribution in [-0.4, -0.2) is 0 Å². The maximum absolute atomic E-state index is 3.59. The van der Waals surface area contributed by atoms with Crippen molar-refractivity contribution >= 4 is 5.69 Å². The van der Waals surface area contributed by atoms with Gasteiger partial charge in [0.05, 0.1) is 0 Å². The summed E-state index contributed by atoms with van der Waals surface area (Å²) in [6.07, 6.45) is 4.32. The molecule has 0 bridgehead atoms. The molecule has 0 saturated heterocycles. The molecule has 14 heavy (non-hydrogen) atoms. The second-order valence-electron chi connectivity index (χ2n) is 3.16. The van der Waals surface area contributed by atoms with Gasteiger partial charge in [0.25, 0.3) is 0 Å². The van der Waals surface area contributed by atoms with Gasteiger partial charge >= 0.3 is 0 Å².